The first kappa shape index (κ1) is 21.8. The van der Waals surface area contributed by atoms with Gasteiger partial charge in [-0.05, 0) is 43.2 Å². The average Bonchev–Trinajstić information content (AvgIpc) is 3.23. The molecule has 2 N–H and O–H groups in total. The minimum atomic E-state index is 0.278. The zero-order valence-corrected chi connectivity index (χ0v) is 18.2. The van der Waals surface area contributed by atoms with Crippen molar-refractivity contribution >= 4 is 17.3 Å². The Kier molecular flexibility index (Phi) is 8.41. The van der Waals surface area contributed by atoms with Crippen LogP contribution >= 0.6 is 11.3 Å². The number of aliphatic imine (C=N–C) groups is 1. The average molecular weight is 407 g/mol. The van der Waals surface area contributed by atoms with Gasteiger partial charge in [0.25, 0.3) is 0 Å². The van der Waals surface area contributed by atoms with Crippen molar-refractivity contribution in [2.45, 2.75) is 12.6 Å². The van der Waals surface area contributed by atoms with Crippen molar-refractivity contribution in [1.29, 1.82) is 0 Å². The fraction of sp³-hybridized carbons (Fsp3) is 0.450. The van der Waals surface area contributed by atoms with Crippen LogP contribution in [-0.2, 0) is 6.54 Å². The molecule has 0 radical (unpaired) electrons. The van der Waals surface area contributed by atoms with Crippen LogP contribution in [0.2, 0.25) is 0 Å². The number of hydrogen-bond acceptors (Lipinski definition) is 6. The van der Waals surface area contributed by atoms with Gasteiger partial charge in [0.2, 0.25) is 5.75 Å². The predicted molar refractivity (Wildman–Crippen MR) is 115 cm³/mol. The van der Waals surface area contributed by atoms with Gasteiger partial charge in [-0.2, -0.15) is 0 Å². The SMILES string of the molecule is CN=C(NCc1cc(OC)c(OC)c(OC)c1)NCC(c1cccs1)N(C)C. The summed E-state index contributed by atoms with van der Waals surface area (Å²) < 4.78 is 16.2. The third-order valence-corrected chi connectivity index (χ3v) is 5.34. The number of nitrogens with one attached hydrogen (secondary N) is 2. The molecule has 0 aliphatic heterocycles. The molecule has 2 rings (SSSR count). The zero-order valence-electron chi connectivity index (χ0n) is 17.4. The number of guanidine groups is 1. The molecule has 1 atom stereocenters. The molecule has 0 fully saturated rings. The number of methoxy groups -OCH3 is 3. The number of likely N-dealkylation sites (N-methyl/N-ethyl adjacent to an activating group) is 1. The molecule has 0 spiro atoms. The maximum Gasteiger partial charge on any atom is 0.203 e. The predicted octanol–water partition coefficient (Wildman–Crippen LogP) is 2.74. The fourth-order valence-corrected chi connectivity index (χ4v) is 3.78. The lowest BCUT2D eigenvalue weighted by Gasteiger charge is -2.24. The van der Waals surface area contributed by atoms with E-state index >= 15 is 0 Å². The van der Waals surface area contributed by atoms with E-state index in [0.29, 0.717) is 23.8 Å². The number of ether oxygens (including phenoxy) is 3. The van der Waals surface area contributed by atoms with Gasteiger partial charge in [-0.25, -0.2) is 0 Å². The van der Waals surface area contributed by atoms with Crippen molar-refractivity contribution in [1.82, 2.24) is 15.5 Å². The maximum absolute atomic E-state index is 5.42. The highest BCUT2D eigenvalue weighted by Gasteiger charge is 2.16. The molecule has 1 aromatic carbocycles. The summed E-state index contributed by atoms with van der Waals surface area (Å²) in [5.41, 5.74) is 1.000. The van der Waals surface area contributed by atoms with Crippen molar-refractivity contribution in [3.8, 4) is 17.2 Å². The van der Waals surface area contributed by atoms with Crippen LogP contribution in [0.5, 0.6) is 17.2 Å². The van der Waals surface area contributed by atoms with Crippen LogP contribution in [0.15, 0.2) is 34.6 Å². The van der Waals surface area contributed by atoms with Crippen LogP contribution in [-0.4, -0.2) is 59.9 Å². The van der Waals surface area contributed by atoms with E-state index in [2.05, 4.69) is 52.1 Å². The first-order chi connectivity index (χ1) is 13.5. The minimum absolute atomic E-state index is 0.278. The molecule has 1 aromatic heterocycles. The summed E-state index contributed by atoms with van der Waals surface area (Å²) in [6.45, 7) is 1.32. The van der Waals surface area contributed by atoms with Gasteiger partial charge >= 0.3 is 0 Å². The van der Waals surface area contributed by atoms with Crippen molar-refractivity contribution in [2.24, 2.45) is 4.99 Å². The van der Waals surface area contributed by atoms with E-state index < -0.39 is 0 Å². The number of rotatable bonds is 9. The van der Waals surface area contributed by atoms with Gasteiger partial charge in [0.1, 0.15) is 0 Å². The van der Waals surface area contributed by atoms with E-state index in [1.54, 1.807) is 39.7 Å². The summed E-state index contributed by atoms with van der Waals surface area (Å²) in [5.74, 6) is 2.58. The summed E-state index contributed by atoms with van der Waals surface area (Å²) in [6.07, 6.45) is 0. The molecule has 28 heavy (non-hydrogen) atoms. The lowest BCUT2D eigenvalue weighted by Crippen LogP contribution is -2.41. The Bertz CT molecular complexity index is 738. The van der Waals surface area contributed by atoms with Crippen LogP contribution < -0.4 is 24.8 Å². The number of hydrogen-bond donors (Lipinski definition) is 2. The monoisotopic (exact) mass is 406 g/mol. The number of nitrogens with zero attached hydrogens (tertiary/aromatic N) is 2. The normalized spacial score (nSPS) is 12.6. The molecule has 1 heterocycles. The van der Waals surface area contributed by atoms with Gasteiger partial charge in [-0.1, -0.05) is 6.07 Å². The quantitative estimate of drug-likeness (QED) is 0.493. The molecule has 1 unspecified atom stereocenters. The molecule has 8 heteroatoms. The topological polar surface area (TPSA) is 67.4 Å². The first-order valence-electron chi connectivity index (χ1n) is 8.97. The standard InChI is InChI=1S/C20H30N4O3S/c1-21-20(23-13-15(24(2)3)18-8-7-9-28-18)22-12-14-10-16(25-4)19(27-6)17(11-14)26-5/h7-11,15H,12-13H2,1-6H3,(H2,21,22,23). The zero-order chi connectivity index (χ0) is 20.5. The van der Waals surface area contributed by atoms with Gasteiger partial charge in [-0.3, -0.25) is 4.99 Å². The summed E-state index contributed by atoms with van der Waals surface area (Å²) >= 11 is 1.76. The highest BCUT2D eigenvalue weighted by atomic mass is 32.1. The van der Waals surface area contributed by atoms with Crippen LogP contribution in [0.25, 0.3) is 0 Å². The number of benzene rings is 1. The molecule has 0 bridgehead atoms. The molecule has 0 aliphatic rings. The Morgan fingerprint density at radius 2 is 1.79 bits per heavy atom. The van der Waals surface area contributed by atoms with E-state index in [9.17, 15) is 0 Å². The minimum Gasteiger partial charge on any atom is -0.493 e. The largest absolute Gasteiger partial charge is 0.493 e. The highest BCUT2D eigenvalue weighted by molar-refractivity contribution is 7.10. The molecule has 0 saturated carbocycles. The van der Waals surface area contributed by atoms with Crippen LogP contribution in [0.4, 0.5) is 0 Å². The Morgan fingerprint density at radius 1 is 1.11 bits per heavy atom. The first-order valence-corrected chi connectivity index (χ1v) is 9.85. The van der Waals surface area contributed by atoms with Crippen molar-refractivity contribution < 1.29 is 14.2 Å². The van der Waals surface area contributed by atoms with Crippen LogP contribution in [0.3, 0.4) is 0 Å². The lowest BCUT2D eigenvalue weighted by molar-refractivity contribution is 0.302. The fourth-order valence-electron chi connectivity index (χ4n) is 2.86. The second-order valence-corrected chi connectivity index (χ2v) is 7.31. The Balaban J connectivity index is 2.02. The summed E-state index contributed by atoms with van der Waals surface area (Å²) in [4.78, 5) is 7.84. The molecular formula is C20H30N4O3S. The van der Waals surface area contributed by atoms with E-state index in [4.69, 9.17) is 14.2 Å². The Labute approximate surface area is 171 Å². The Hall–Kier alpha value is -2.45. The van der Waals surface area contributed by atoms with Gasteiger partial charge in [-0.15, -0.1) is 11.3 Å². The van der Waals surface area contributed by atoms with Gasteiger partial charge < -0.3 is 29.7 Å². The Morgan fingerprint density at radius 3 is 2.25 bits per heavy atom. The molecule has 2 aromatic rings. The van der Waals surface area contributed by atoms with Crippen molar-refractivity contribution in [3.63, 3.8) is 0 Å². The second-order valence-electron chi connectivity index (χ2n) is 6.34. The van der Waals surface area contributed by atoms with Crippen molar-refractivity contribution in [3.05, 3.63) is 40.1 Å². The second kappa shape index (κ2) is 10.8. The van der Waals surface area contributed by atoms with Crippen LogP contribution in [0.1, 0.15) is 16.5 Å². The van der Waals surface area contributed by atoms with Crippen LogP contribution in [0, 0.1) is 0 Å². The lowest BCUT2D eigenvalue weighted by atomic mass is 10.2. The maximum atomic E-state index is 5.42. The summed E-state index contributed by atoms with van der Waals surface area (Å²) in [7, 11) is 10.7. The molecule has 154 valence electrons. The van der Waals surface area contributed by atoms with E-state index in [1.807, 2.05) is 12.1 Å². The van der Waals surface area contributed by atoms with Gasteiger partial charge in [0.15, 0.2) is 17.5 Å². The molecule has 0 aliphatic carbocycles. The molecule has 7 nitrogen and oxygen atoms in total. The van der Waals surface area contributed by atoms with E-state index in [-0.39, 0.29) is 6.04 Å². The van der Waals surface area contributed by atoms with E-state index in [0.717, 1.165) is 18.1 Å². The third kappa shape index (κ3) is 5.53. The molecule has 0 saturated heterocycles. The van der Waals surface area contributed by atoms with Gasteiger partial charge in [0, 0.05) is 25.0 Å². The van der Waals surface area contributed by atoms with E-state index in [1.165, 1.54) is 4.88 Å². The summed E-state index contributed by atoms with van der Waals surface area (Å²) in [6, 6.07) is 8.36. The molecular weight excluding hydrogens is 376 g/mol. The highest BCUT2D eigenvalue weighted by Crippen LogP contribution is 2.38. The third-order valence-electron chi connectivity index (χ3n) is 4.37. The smallest absolute Gasteiger partial charge is 0.203 e. The number of thiophene rings is 1. The van der Waals surface area contributed by atoms with Crippen molar-refractivity contribution in [2.75, 3.05) is 49.0 Å². The molecule has 0 amide bonds. The van der Waals surface area contributed by atoms with Gasteiger partial charge in [0.05, 0.1) is 27.4 Å². The summed E-state index contributed by atoms with van der Waals surface area (Å²) in [5, 5.41) is 8.84.